The van der Waals surface area contributed by atoms with Crippen LogP contribution in [0.1, 0.15) is 13.8 Å². The molecule has 1 aromatic heterocycles. The van der Waals surface area contributed by atoms with Gasteiger partial charge in [-0.2, -0.15) is 4.31 Å². The maximum atomic E-state index is 12.3. The second kappa shape index (κ2) is 4.68. The molecule has 1 saturated heterocycles. The lowest BCUT2D eigenvalue weighted by Gasteiger charge is -2.15. The number of hydrogen-bond acceptors (Lipinski definition) is 3. The van der Waals surface area contributed by atoms with E-state index >= 15 is 0 Å². The molecule has 2 unspecified atom stereocenters. The zero-order valence-corrected chi connectivity index (χ0v) is 11.8. The number of aromatic amines is 1. The number of halogens is 1. The Kier molecular flexibility index (Phi) is 3.53. The van der Waals surface area contributed by atoms with Crippen molar-refractivity contribution < 1.29 is 8.42 Å². The molecule has 100 valence electrons. The summed E-state index contributed by atoms with van der Waals surface area (Å²) in [6.45, 7) is 5.06. The van der Waals surface area contributed by atoms with E-state index in [9.17, 15) is 13.2 Å². The van der Waals surface area contributed by atoms with E-state index in [2.05, 4.69) is 4.98 Å². The molecule has 2 atom stereocenters. The van der Waals surface area contributed by atoms with Crippen molar-refractivity contribution in [1.29, 1.82) is 0 Å². The van der Waals surface area contributed by atoms with Crippen LogP contribution < -0.4 is 5.56 Å². The van der Waals surface area contributed by atoms with Crippen molar-refractivity contribution >= 4 is 21.6 Å². The van der Waals surface area contributed by atoms with E-state index in [1.54, 1.807) is 0 Å². The van der Waals surface area contributed by atoms with Gasteiger partial charge in [0.15, 0.2) is 0 Å². The van der Waals surface area contributed by atoms with E-state index in [1.807, 2.05) is 13.8 Å². The highest BCUT2D eigenvalue weighted by Crippen LogP contribution is 2.27. The predicted octanol–water partition coefficient (Wildman–Crippen LogP) is 1.30. The van der Waals surface area contributed by atoms with Crippen LogP contribution in [0.15, 0.2) is 22.0 Å². The number of nitrogens with one attached hydrogen (secondary N) is 1. The number of H-pyrrole nitrogens is 1. The van der Waals surface area contributed by atoms with Gasteiger partial charge in [0.1, 0.15) is 5.02 Å². The van der Waals surface area contributed by atoms with Gasteiger partial charge in [-0.05, 0) is 17.9 Å². The van der Waals surface area contributed by atoms with Crippen molar-refractivity contribution in [2.45, 2.75) is 18.7 Å². The van der Waals surface area contributed by atoms with Crippen LogP contribution in [0.25, 0.3) is 0 Å². The molecular formula is C11H15ClN2O3S. The van der Waals surface area contributed by atoms with Gasteiger partial charge in [-0.1, -0.05) is 25.4 Å². The molecule has 1 N–H and O–H groups in total. The fraction of sp³-hybridized carbons (Fsp3) is 0.545. The van der Waals surface area contributed by atoms with Gasteiger partial charge < -0.3 is 4.98 Å². The Hall–Kier alpha value is -0.850. The van der Waals surface area contributed by atoms with Crippen molar-refractivity contribution in [3.05, 3.63) is 27.6 Å². The molecule has 1 aliphatic heterocycles. The summed E-state index contributed by atoms with van der Waals surface area (Å²) in [4.78, 5) is 13.5. The molecule has 0 spiro atoms. The first-order valence-corrected chi connectivity index (χ1v) is 7.52. The summed E-state index contributed by atoms with van der Waals surface area (Å²) in [5.41, 5.74) is -0.487. The van der Waals surface area contributed by atoms with E-state index in [0.29, 0.717) is 24.9 Å². The van der Waals surface area contributed by atoms with Crippen molar-refractivity contribution in [2.75, 3.05) is 13.1 Å². The molecule has 0 bridgehead atoms. The lowest BCUT2D eigenvalue weighted by atomic mass is 10.0. The van der Waals surface area contributed by atoms with Gasteiger partial charge in [0, 0.05) is 19.3 Å². The Morgan fingerprint density at radius 3 is 2.39 bits per heavy atom. The quantitative estimate of drug-likeness (QED) is 0.892. The largest absolute Gasteiger partial charge is 0.326 e. The first-order chi connectivity index (χ1) is 8.32. The molecule has 2 rings (SSSR count). The van der Waals surface area contributed by atoms with Gasteiger partial charge in [0.05, 0.1) is 4.90 Å². The second-order valence-electron chi connectivity index (χ2n) is 4.79. The van der Waals surface area contributed by atoms with Crippen LogP contribution in [-0.4, -0.2) is 30.8 Å². The molecule has 1 fully saturated rings. The molecule has 1 aromatic rings. The van der Waals surface area contributed by atoms with Crippen LogP contribution in [0.3, 0.4) is 0 Å². The Morgan fingerprint density at radius 1 is 1.33 bits per heavy atom. The first-order valence-electron chi connectivity index (χ1n) is 5.70. The summed E-state index contributed by atoms with van der Waals surface area (Å²) in [7, 11) is -3.57. The topological polar surface area (TPSA) is 70.2 Å². The molecule has 0 aliphatic carbocycles. The number of sulfonamides is 1. The molecule has 5 nitrogen and oxygen atoms in total. The van der Waals surface area contributed by atoms with Gasteiger partial charge in [0.25, 0.3) is 5.56 Å². The van der Waals surface area contributed by atoms with Crippen molar-refractivity contribution in [3.8, 4) is 0 Å². The average Bonchev–Trinajstić information content (AvgIpc) is 2.64. The molecule has 2 heterocycles. The minimum atomic E-state index is -3.57. The van der Waals surface area contributed by atoms with Crippen molar-refractivity contribution in [3.63, 3.8) is 0 Å². The summed E-state index contributed by atoms with van der Waals surface area (Å²) < 4.78 is 26.1. The minimum absolute atomic E-state index is 0.0356. The number of rotatable bonds is 2. The Balaban J connectivity index is 2.37. The van der Waals surface area contributed by atoms with E-state index in [-0.39, 0.29) is 9.92 Å². The number of nitrogens with zero attached hydrogens (tertiary/aromatic N) is 1. The molecule has 18 heavy (non-hydrogen) atoms. The predicted molar refractivity (Wildman–Crippen MR) is 69.2 cm³/mol. The van der Waals surface area contributed by atoms with Crippen LogP contribution in [0.2, 0.25) is 5.02 Å². The van der Waals surface area contributed by atoms with Crippen LogP contribution in [0, 0.1) is 11.8 Å². The fourth-order valence-corrected chi connectivity index (χ4v) is 3.88. The summed E-state index contributed by atoms with van der Waals surface area (Å²) in [6, 6.07) is 1.20. The zero-order valence-electron chi connectivity index (χ0n) is 10.2. The third kappa shape index (κ3) is 2.32. The van der Waals surface area contributed by atoms with Crippen LogP contribution in [-0.2, 0) is 10.0 Å². The van der Waals surface area contributed by atoms with E-state index in [1.165, 1.54) is 16.6 Å². The highest BCUT2D eigenvalue weighted by molar-refractivity contribution is 7.89. The lowest BCUT2D eigenvalue weighted by Crippen LogP contribution is -2.29. The number of pyridine rings is 1. The van der Waals surface area contributed by atoms with Crippen molar-refractivity contribution in [1.82, 2.24) is 9.29 Å². The van der Waals surface area contributed by atoms with Gasteiger partial charge in [0.2, 0.25) is 10.0 Å². The Labute approximate surface area is 111 Å². The van der Waals surface area contributed by atoms with E-state index < -0.39 is 15.6 Å². The highest BCUT2D eigenvalue weighted by Gasteiger charge is 2.35. The molecule has 0 saturated carbocycles. The maximum Gasteiger partial charge on any atom is 0.266 e. The smallest absolute Gasteiger partial charge is 0.266 e. The monoisotopic (exact) mass is 290 g/mol. The van der Waals surface area contributed by atoms with Gasteiger partial charge in [-0.25, -0.2) is 8.42 Å². The Morgan fingerprint density at radius 2 is 1.89 bits per heavy atom. The van der Waals surface area contributed by atoms with E-state index in [0.717, 1.165) is 0 Å². The Bertz CT molecular complexity index is 601. The number of aromatic nitrogens is 1. The summed E-state index contributed by atoms with van der Waals surface area (Å²) >= 11 is 5.66. The standard InChI is InChI=1S/C11H15ClN2O3S/c1-7-5-14(6-8(7)2)18(16,17)9-3-10(12)11(15)13-4-9/h3-4,7-8H,5-6H2,1-2H3,(H,13,15). The molecule has 7 heteroatoms. The minimum Gasteiger partial charge on any atom is -0.326 e. The SMILES string of the molecule is CC1CN(S(=O)(=O)c2c[nH]c(=O)c(Cl)c2)CC1C. The van der Waals surface area contributed by atoms with E-state index in [4.69, 9.17) is 11.6 Å². The maximum absolute atomic E-state index is 12.3. The van der Waals surface area contributed by atoms with Gasteiger partial charge in [-0.15, -0.1) is 0 Å². The second-order valence-corrected chi connectivity index (χ2v) is 7.13. The van der Waals surface area contributed by atoms with Gasteiger partial charge >= 0.3 is 0 Å². The van der Waals surface area contributed by atoms with Crippen LogP contribution >= 0.6 is 11.6 Å². The van der Waals surface area contributed by atoms with Gasteiger partial charge in [-0.3, -0.25) is 4.79 Å². The molecule has 0 amide bonds. The summed E-state index contributed by atoms with van der Waals surface area (Å²) in [5.74, 6) is 0.663. The highest BCUT2D eigenvalue weighted by atomic mass is 35.5. The normalized spacial score (nSPS) is 25.5. The molecular weight excluding hydrogens is 276 g/mol. The lowest BCUT2D eigenvalue weighted by molar-refractivity contribution is 0.463. The molecule has 0 aromatic carbocycles. The summed E-state index contributed by atoms with van der Waals surface area (Å²) in [6.07, 6.45) is 1.19. The van der Waals surface area contributed by atoms with Crippen molar-refractivity contribution in [2.24, 2.45) is 11.8 Å². The molecule has 0 radical (unpaired) electrons. The third-order valence-corrected chi connectivity index (χ3v) is 5.51. The molecule has 1 aliphatic rings. The third-order valence-electron chi connectivity index (χ3n) is 3.42. The van der Waals surface area contributed by atoms with Crippen LogP contribution in [0.5, 0.6) is 0 Å². The summed E-state index contributed by atoms with van der Waals surface area (Å²) in [5, 5.41) is -0.114. The number of hydrogen-bond donors (Lipinski definition) is 1. The first kappa shape index (κ1) is 13.6. The van der Waals surface area contributed by atoms with Crippen LogP contribution in [0.4, 0.5) is 0 Å². The average molecular weight is 291 g/mol. The fourth-order valence-electron chi connectivity index (χ4n) is 2.01. The zero-order chi connectivity index (χ0) is 13.5.